The number of piperidine rings is 1. The summed E-state index contributed by atoms with van der Waals surface area (Å²) in [5.74, 6) is 0.478. The summed E-state index contributed by atoms with van der Waals surface area (Å²) in [6.45, 7) is 4.08. The van der Waals surface area contributed by atoms with Crippen molar-refractivity contribution in [1.29, 1.82) is 0 Å². The molecule has 0 aromatic carbocycles. The highest BCUT2D eigenvalue weighted by molar-refractivity contribution is 9.09. The number of alkyl halides is 1. The summed E-state index contributed by atoms with van der Waals surface area (Å²) in [7, 11) is 0. The lowest BCUT2D eigenvalue weighted by atomic mass is 9.95. The van der Waals surface area contributed by atoms with Crippen molar-refractivity contribution >= 4 is 27.7 Å². The zero-order chi connectivity index (χ0) is 13.4. The molecule has 0 bridgehead atoms. The van der Waals surface area contributed by atoms with E-state index in [2.05, 4.69) is 21.2 Å². The SMILES string of the molecule is CCNC(=O)C1CCN(C(=O)CCCCBr)CC1. The molecule has 1 heterocycles. The smallest absolute Gasteiger partial charge is 0.223 e. The molecule has 1 saturated heterocycles. The number of nitrogens with zero attached hydrogens (tertiary/aromatic N) is 1. The molecule has 0 unspecified atom stereocenters. The van der Waals surface area contributed by atoms with E-state index < -0.39 is 0 Å². The van der Waals surface area contributed by atoms with Gasteiger partial charge in [0, 0.05) is 37.3 Å². The lowest BCUT2D eigenvalue weighted by Gasteiger charge is -2.31. The van der Waals surface area contributed by atoms with E-state index >= 15 is 0 Å². The van der Waals surface area contributed by atoms with Crippen molar-refractivity contribution in [1.82, 2.24) is 10.2 Å². The van der Waals surface area contributed by atoms with Crippen LogP contribution in [0.1, 0.15) is 39.0 Å². The van der Waals surface area contributed by atoms with Gasteiger partial charge in [-0.05, 0) is 32.6 Å². The Kier molecular flexibility index (Phi) is 7.32. The highest BCUT2D eigenvalue weighted by Gasteiger charge is 2.26. The molecule has 0 aromatic rings. The number of hydrogen-bond acceptors (Lipinski definition) is 2. The van der Waals surface area contributed by atoms with Gasteiger partial charge in [0.15, 0.2) is 0 Å². The van der Waals surface area contributed by atoms with Crippen LogP contribution in [0.2, 0.25) is 0 Å². The predicted molar refractivity (Wildman–Crippen MR) is 75.6 cm³/mol. The number of carbonyl (C=O) groups is 2. The Morgan fingerprint density at radius 2 is 1.94 bits per heavy atom. The molecular weight excluding hydrogens is 296 g/mol. The average Bonchev–Trinajstić information content (AvgIpc) is 2.39. The van der Waals surface area contributed by atoms with Gasteiger partial charge < -0.3 is 10.2 Å². The summed E-state index contributed by atoms with van der Waals surface area (Å²) >= 11 is 3.36. The van der Waals surface area contributed by atoms with Crippen LogP contribution in [0.4, 0.5) is 0 Å². The maximum atomic E-state index is 11.9. The van der Waals surface area contributed by atoms with Gasteiger partial charge in [0.1, 0.15) is 0 Å². The number of nitrogens with one attached hydrogen (secondary N) is 1. The van der Waals surface area contributed by atoms with Crippen molar-refractivity contribution in [3.05, 3.63) is 0 Å². The van der Waals surface area contributed by atoms with Crippen LogP contribution < -0.4 is 5.32 Å². The van der Waals surface area contributed by atoms with Crippen LogP contribution in [0, 0.1) is 5.92 Å². The number of amides is 2. The van der Waals surface area contributed by atoms with E-state index in [-0.39, 0.29) is 17.7 Å². The van der Waals surface area contributed by atoms with E-state index in [1.54, 1.807) is 0 Å². The first-order valence-electron chi connectivity index (χ1n) is 6.80. The van der Waals surface area contributed by atoms with Gasteiger partial charge in [0.05, 0.1) is 0 Å². The fourth-order valence-corrected chi connectivity index (χ4v) is 2.63. The summed E-state index contributed by atoms with van der Waals surface area (Å²) in [6, 6.07) is 0. The van der Waals surface area contributed by atoms with Crippen LogP contribution in [-0.4, -0.2) is 41.7 Å². The van der Waals surface area contributed by atoms with Gasteiger partial charge in [-0.25, -0.2) is 0 Å². The minimum atomic E-state index is 0.0940. The number of rotatable bonds is 6. The van der Waals surface area contributed by atoms with Crippen molar-refractivity contribution in [2.24, 2.45) is 5.92 Å². The Balaban J connectivity index is 2.26. The Labute approximate surface area is 118 Å². The molecule has 1 aliphatic rings. The highest BCUT2D eigenvalue weighted by atomic mass is 79.9. The Hall–Kier alpha value is -0.580. The van der Waals surface area contributed by atoms with Crippen LogP contribution in [0.15, 0.2) is 0 Å². The van der Waals surface area contributed by atoms with E-state index in [9.17, 15) is 9.59 Å². The number of unbranched alkanes of at least 4 members (excludes halogenated alkanes) is 1. The van der Waals surface area contributed by atoms with Crippen LogP contribution in [0.5, 0.6) is 0 Å². The highest BCUT2D eigenvalue weighted by Crippen LogP contribution is 2.18. The fourth-order valence-electron chi connectivity index (χ4n) is 2.24. The van der Waals surface area contributed by atoms with E-state index in [0.29, 0.717) is 13.0 Å². The monoisotopic (exact) mass is 318 g/mol. The molecule has 1 rings (SSSR count). The molecule has 2 amide bonds. The molecule has 0 aromatic heterocycles. The molecule has 0 atom stereocenters. The van der Waals surface area contributed by atoms with Crippen molar-refractivity contribution < 1.29 is 9.59 Å². The first-order valence-corrected chi connectivity index (χ1v) is 7.92. The molecule has 1 fully saturated rings. The molecule has 0 saturated carbocycles. The second-order valence-electron chi connectivity index (χ2n) is 4.70. The molecule has 104 valence electrons. The van der Waals surface area contributed by atoms with Crippen LogP contribution in [0.25, 0.3) is 0 Å². The molecule has 5 heteroatoms. The number of carbonyl (C=O) groups excluding carboxylic acids is 2. The van der Waals surface area contributed by atoms with Crippen LogP contribution in [0.3, 0.4) is 0 Å². The molecule has 0 aliphatic carbocycles. The summed E-state index contributed by atoms with van der Waals surface area (Å²) in [6.07, 6.45) is 4.23. The van der Waals surface area contributed by atoms with Crippen LogP contribution >= 0.6 is 15.9 Å². The lowest BCUT2D eigenvalue weighted by molar-refractivity contribution is -0.135. The minimum absolute atomic E-state index is 0.0940. The van der Waals surface area contributed by atoms with Crippen LogP contribution in [-0.2, 0) is 9.59 Å². The zero-order valence-corrected chi connectivity index (χ0v) is 12.7. The third kappa shape index (κ3) is 4.96. The average molecular weight is 319 g/mol. The van der Waals surface area contributed by atoms with Gasteiger partial charge >= 0.3 is 0 Å². The maximum absolute atomic E-state index is 11.9. The molecule has 0 radical (unpaired) electrons. The van der Waals surface area contributed by atoms with Gasteiger partial charge in [-0.15, -0.1) is 0 Å². The quantitative estimate of drug-likeness (QED) is 0.601. The van der Waals surface area contributed by atoms with Gasteiger partial charge in [-0.2, -0.15) is 0 Å². The second-order valence-corrected chi connectivity index (χ2v) is 5.49. The minimum Gasteiger partial charge on any atom is -0.356 e. The fraction of sp³-hybridized carbons (Fsp3) is 0.846. The Morgan fingerprint density at radius 3 is 2.50 bits per heavy atom. The Bertz CT molecular complexity index is 276. The number of halogens is 1. The first-order chi connectivity index (χ1) is 8.69. The maximum Gasteiger partial charge on any atom is 0.223 e. The van der Waals surface area contributed by atoms with Gasteiger partial charge in [-0.3, -0.25) is 9.59 Å². The molecule has 4 nitrogen and oxygen atoms in total. The zero-order valence-electron chi connectivity index (χ0n) is 11.1. The molecule has 18 heavy (non-hydrogen) atoms. The molecule has 1 aliphatic heterocycles. The summed E-state index contributed by atoms with van der Waals surface area (Å²) in [4.78, 5) is 25.5. The summed E-state index contributed by atoms with van der Waals surface area (Å²) in [5.41, 5.74) is 0. The van der Waals surface area contributed by atoms with Crippen molar-refractivity contribution in [3.63, 3.8) is 0 Å². The summed E-state index contributed by atoms with van der Waals surface area (Å²) in [5, 5.41) is 3.81. The van der Waals surface area contributed by atoms with Gasteiger partial charge in [0.2, 0.25) is 11.8 Å². The summed E-state index contributed by atoms with van der Waals surface area (Å²) < 4.78 is 0. The van der Waals surface area contributed by atoms with Crippen molar-refractivity contribution in [2.45, 2.75) is 39.0 Å². The first kappa shape index (κ1) is 15.5. The van der Waals surface area contributed by atoms with Crippen molar-refractivity contribution in [2.75, 3.05) is 25.0 Å². The molecule has 0 spiro atoms. The van der Waals surface area contributed by atoms with E-state index in [1.165, 1.54) is 0 Å². The lowest BCUT2D eigenvalue weighted by Crippen LogP contribution is -2.42. The Morgan fingerprint density at radius 1 is 1.28 bits per heavy atom. The van der Waals surface area contributed by atoms with E-state index in [0.717, 1.165) is 44.1 Å². The van der Waals surface area contributed by atoms with E-state index in [1.807, 2.05) is 11.8 Å². The normalized spacial score (nSPS) is 16.7. The molecule has 1 N–H and O–H groups in total. The topological polar surface area (TPSA) is 49.4 Å². The second kappa shape index (κ2) is 8.51. The van der Waals surface area contributed by atoms with E-state index in [4.69, 9.17) is 0 Å². The largest absolute Gasteiger partial charge is 0.356 e. The third-order valence-electron chi connectivity index (χ3n) is 3.34. The van der Waals surface area contributed by atoms with Crippen molar-refractivity contribution in [3.8, 4) is 0 Å². The van der Waals surface area contributed by atoms with Gasteiger partial charge in [0.25, 0.3) is 0 Å². The standard InChI is InChI=1S/C13H23BrN2O2/c1-2-15-13(18)11-6-9-16(10-7-11)12(17)5-3-4-8-14/h11H,2-10H2,1H3,(H,15,18). The predicted octanol–water partition coefficient (Wildman–Crippen LogP) is 1.93. The number of likely N-dealkylation sites (tertiary alicyclic amines) is 1. The third-order valence-corrected chi connectivity index (χ3v) is 3.90. The van der Waals surface area contributed by atoms with Gasteiger partial charge in [-0.1, -0.05) is 15.9 Å². The molecular formula is C13H23BrN2O2. The number of hydrogen-bond donors (Lipinski definition) is 1.